The van der Waals surface area contributed by atoms with Gasteiger partial charge in [-0.3, -0.25) is 0 Å². The zero-order valence-electron chi connectivity index (χ0n) is 14.0. The molecule has 1 aliphatic rings. The maximum absolute atomic E-state index is 4.72. The van der Waals surface area contributed by atoms with Crippen LogP contribution in [0.3, 0.4) is 0 Å². The van der Waals surface area contributed by atoms with Crippen LogP contribution in [0.15, 0.2) is 0 Å². The molecular formula is C15H28N6. The number of nitrogens with one attached hydrogen (secondary N) is 1. The predicted molar refractivity (Wildman–Crippen MR) is 88.2 cm³/mol. The molecule has 6 nitrogen and oxygen atoms in total. The summed E-state index contributed by atoms with van der Waals surface area (Å²) in [7, 11) is 0. The van der Waals surface area contributed by atoms with Crippen molar-refractivity contribution in [3.63, 3.8) is 0 Å². The van der Waals surface area contributed by atoms with E-state index in [0.717, 1.165) is 38.1 Å². The van der Waals surface area contributed by atoms with Gasteiger partial charge >= 0.3 is 0 Å². The lowest BCUT2D eigenvalue weighted by Crippen LogP contribution is -2.40. The normalized spacial score (nSPS) is 17.1. The Balaban J connectivity index is 2.40. The van der Waals surface area contributed by atoms with Crippen LogP contribution in [0.5, 0.6) is 0 Å². The Morgan fingerprint density at radius 3 is 2.38 bits per heavy atom. The summed E-state index contributed by atoms with van der Waals surface area (Å²) < 4.78 is 0. The first kappa shape index (κ1) is 15.8. The summed E-state index contributed by atoms with van der Waals surface area (Å²) in [5.74, 6) is 2.24. The Labute approximate surface area is 128 Å². The van der Waals surface area contributed by atoms with Gasteiger partial charge in [0.1, 0.15) is 0 Å². The second kappa shape index (κ2) is 6.45. The molecule has 2 rings (SSSR count). The van der Waals surface area contributed by atoms with Crippen LogP contribution in [-0.4, -0.2) is 46.7 Å². The summed E-state index contributed by atoms with van der Waals surface area (Å²) in [4.78, 5) is 18.4. The van der Waals surface area contributed by atoms with E-state index in [-0.39, 0.29) is 5.54 Å². The molecule has 0 saturated carbocycles. The highest BCUT2D eigenvalue weighted by atomic mass is 15.4. The van der Waals surface area contributed by atoms with Gasteiger partial charge in [-0.05, 0) is 47.5 Å². The summed E-state index contributed by atoms with van der Waals surface area (Å²) in [5, 5.41) is 3.23. The van der Waals surface area contributed by atoms with Crippen LogP contribution in [0.25, 0.3) is 0 Å². The minimum Gasteiger partial charge on any atom is -0.354 e. The third kappa shape index (κ3) is 3.36. The summed E-state index contributed by atoms with van der Waals surface area (Å²) in [5.41, 5.74) is 0.116. The van der Waals surface area contributed by atoms with Crippen LogP contribution in [0, 0.1) is 0 Å². The topological polar surface area (TPSA) is 57.2 Å². The molecule has 6 heteroatoms. The molecule has 0 unspecified atom stereocenters. The standard InChI is InChI=1S/C15H28N6/c1-6-16-12-17-13(20(7-2)8-3)19-14(18-12)21-11-9-10-15(21,4)5/h6-11H2,1-5H3,(H,16,17,18,19). The SMILES string of the molecule is CCNc1nc(N(CC)CC)nc(N2CCCC2(C)C)n1. The minimum absolute atomic E-state index is 0.116. The van der Waals surface area contributed by atoms with Crippen LogP contribution in [0.4, 0.5) is 17.8 Å². The number of anilines is 3. The van der Waals surface area contributed by atoms with E-state index in [0.29, 0.717) is 5.95 Å². The fraction of sp³-hybridized carbons (Fsp3) is 0.800. The van der Waals surface area contributed by atoms with E-state index < -0.39 is 0 Å². The van der Waals surface area contributed by atoms with E-state index >= 15 is 0 Å². The van der Waals surface area contributed by atoms with Crippen LogP contribution >= 0.6 is 0 Å². The summed E-state index contributed by atoms with van der Waals surface area (Å²) in [6.07, 6.45) is 2.37. The summed E-state index contributed by atoms with van der Waals surface area (Å²) in [6, 6.07) is 0. The van der Waals surface area contributed by atoms with E-state index in [4.69, 9.17) is 4.98 Å². The lowest BCUT2D eigenvalue weighted by atomic mass is 10.0. The molecule has 0 aromatic carbocycles. The van der Waals surface area contributed by atoms with Crippen LogP contribution < -0.4 is 15.1 Å². The van der Waals surface area contributed by atoms with Crippen LogP contribution in [-0.2, 0) is 0 Å². The summed E-state index contributed by atoms with van der Waals surface area (Å²) >= 11 is 0. The van der Waals surface area contributed by atoms with Gasteiger partial charge in [0.2, 0.25) is 17.8 Å². The molecule has 1 aromatic heterocycles. The molecule has 1 aliphatic heterocycles. The van der Waals surface area contributed by atoms with E-state index in [9.17, 15) is 0 Å². The number of hydrogen-bond acceptors (Lipinski definition) is 6. The van der Waals surface area contributed by atoms with E-state index in [2.05, 4.69) is 59.7 Å². The quantitative estimate of drug-likeness (QED) is 0.869. The van der Waals surface area contributed by atoms with Crippen molar-refractivity contribution in [3.8, 4) is 0 Å². The number of rotatable bonds is 6. The van der Waals surface area contributed by atoms with Gasteiger partial charge in [-0.1, -0.05) is 0 Å². The molecule has 1 N–H and O–H groups in total. The second-order valence-corrected chi connectivity index (χ2v) is 6.03. The van der Waals surface area contributed by atoms with Gasteiger partial charge in [-0.2, -0.15) is 15.0 Å². The Bertz CT molecular complexity index is 469. The van der Waals surface area contributed by atoms with E-state index in [1.165, 1.54) is 12.8 Å². The number of hydrogen-bond donors (Lipinski definition) is 1. The molecule has 1 aromatic rings. The first-order valence-electron chi connectivity index (χ1n) is 8.04. The number of nitrogens with zero attached hydrogens (tertiary/aromatic N) is 5. The molecule has 0 aliphatic carbocycles. The van der Waals surface area contributed by atoms with Crippen molar-refractivity contribution in [2.75, 3.05) is 41.3 Å². The average Bonchev–Trinajstić information content (AvgIpc) is 2.80. The van der Waals surface area contributed by atoms with Crippen LogP contribution in [0.1, 0.15) is 47.5 Å². The largest absolute Gasteiger partial charge is 0.354 e. The fourth-order valence-electron chi connectivity index (χ4n) is 2.84. The van der Waals surface area contributed by atoms with Crippen molar-refractivity contribution >= 4 is 17.8 Å². The molecule has 0 atom stereocenters. The molecular weight excluding hydrogens is 264 g/mol. The monoisotopic (exact) mass is 292 g/mol. The van der Waals surface area contributed by atoms with Crippen molar-refractivity contribution in [1.29, 1.82) is 0 Å². The van der Waals surface area contributed by atoms with E-state index in [1.54, 1.807) is 0 Å². The maximum Gasteiger partial charge on any atom is 0.232 e. The zero-order chi connectivity index (χ0) is 15.5. The average molecular weight is 292 g/mol. The molecule has 0 spiro atoms. The first-order chi connectivity index (χ1) is 10.0. The fourth-order valence-corrected chi connectivity index (χ4v) is 2.84. The molecule has 1 saturated heterocycles. The Morgan fingerprint density at radius 1 is 1.14 bits per heavy atom. The molecule has 1 fully saturated rings. The van der Waals surface area contributed by atoms with Gasteiger partial charge in [0.15, 0.2) is 0 Å². The number of aromatic nitrogens is 3. The van der Waals surface area contributed by atoms with Crippen molar-refractivity contribution in [2.24, 2.45) is 0 Å². The predicted octanol–water partition coefficient (Wildman–Crippen LogP) is 2.53. The van der Waals surface area contributed by atoms with Gasteiger partial charge < -0.3 is 15.1 Å². The van der Waals surface area contributed by atoms with Gasteiger partial charge in [0.05, 0.1) is 0 Å². The molecule has 0 radical (unpaired) electrons. The van der Waals surface area contributed by atoms with Crippen molar-refractivity contribution in [2.45, 2.75) is 53.0 Å². The van der Waals surface area contributed by atoms with Crippen LogP contribution in [0.2, 0.25) is 0 Å². The van der Waals surface area contributed by atoms with Gasteiger partial charge in [-0.25, -0.2) is 0 Å². The van der Waals surface area contributed by atoms with Crippen molar-refractivity contribution in [1.82, 2.24) is 15.0 Å². The highest BCUT2D eigenvalue weighted by Crippen LogP contribution is 2.32. The second-order valence-electron chi connectivity index (χ2n) is 6.03. The van der Waals surface area contributed by atoms with Gasteiger partial charge in [-0.15, -0.1) is 0 Å². The molecule has 0 bridgehead atoms. The van der Waals surface area contributed by atoms with Crippen molar-refractivity contribution in [3.05, 3.63) is 0 Å². The third-order valence-corrected chi connectivity index (χ3v) is 4.14. The Hall–Kier alpha value is -1.59. The molecule has 0 amide bonds. The van der Waals surface area contributed by atoms with Gasteiger partial charge in [0.25, 0.3) is 0 Å². The smallest absolute Gasteiger partial charge is 0.232 e. The Kier molecular flexibility index (Phi) is 4.85. The van der Waals surface area contributed by atoms with Gasteiger partial charge in [0, 0.05) is 31.7 Å². The Morgan fingerprint density at radius 2 is 1.86 bits per heavy atom. The molecule has 21 heavy (non-hydrogen) atoms. The summed E-state index contributed by atoms with van der Waals surface area (Å²) in [6.45, 7) is 14.4. The molecule has 2 heterocycles. The molecule has 118 valence electrons. The lowest BCUT2D eigenvalue weighted by molar-refractivity contribution is 0.509. The maximum atomic E-state index is 4.72. The highest BCUT2D eigenvalue weighted by Gasteiger charge is 2.34. The first-order valence-corrected chi connectivity index (χ1v) is 8.04. The lowest BCUT2D eigenvalue weighted by Gasteiger charge is -2.32. The van der Waals surface area contributed by atoms with Crippen molar-refractivity contribution < 1.29 is 0 Å². The minimum atomic E-state index is 0.116. The third-order valence-electron chi connectivity index (χ3n) is 4.14. The van der Waals surface area contributed by atoms with E-state index in [1.807, 2.05) is 0 Å². The highest BCUT2D eigenvalue weighted by molar-refractivity contribution is 5.47. The zero-order valence-corrected chi connectivity index (χ0v) is 14.0.